The standard InChI is InChI=1S/C40H56ClN7O5S2/c1-5-54-38(30(2)3)43-17-20-46(4)39(50)45-36(16-18-47-21-23-52-24-22-47)37(49)44-34(25-31-9-7-6-8-10-31)15-19-48(27-32-11-13-33(41)14-12-32)40(51)53-28-35-26-42-29-55-35/h6-14,26,29-30,34,36H,5,15-25,27-28H2,1-4H3,(H,44,49)(H,45,50). The average molecular weight is 815 g/mol. The van der Waals surface area contributed by atoms with E-state index in [2.05, 4.69) is 41.3 Å². The van der Waals surface area contributed by atoms with Gasteiger partial charge in [-0.1, -0.05) is 74.8 Å². The lowest BCUT2D eigenvalue weighted by Crippen LogP contribution is -2.54. The molecule has 0 saturated carbocycles. The van der Waals surface area contributed by atoms with E-state index >= 15 is 0 Å². The number of hydrogen-bond donors (Lipinski definition) is 2. The van der Waals surface area contributed by atoms with Crippen molar-refractivity contribution in [2.75, 3.05) is 65.3 Å². The highest BCUT2D eigenvalue weighted by Gasteiger charge is 2.27. The summed E-state index contributed by atoms with van der Waals surface area (Å²) in [6.07, 6.45) is 2.62. The van der Waals surface area contributed by atoms with Crippen LogP contribution in [0.5, 0.6) is 0 Å². The third kappa shape index (κ3) is 16.1. The molecule has 0 bridgehead atoms. The van der Waals surface area contributed by atoms with Crippen molar-refractivity contribution in [3.63, 3.8) is 0 Å². The molecule has 3 aromatic rings. The maximum atomic E-state index is 14.2. The van der Waals surface area contributed by atoms with Gasteiger partial charge in [-0.25, -0.2) is 9.59 Å². The molecule has 1 aliphatic rings. The third-order valence-corrected chi connectivity index (χ3v) is 11.3. The van der Waals surface area contributed by atoms with Gasteiger partial charge in [0, 0.05) is 69.5 Å². The molecule has 2 N–H and O–H groups in total. The molecule has 1 fully saturated rings. The molecule has 1 saturated heterocycles. The molecule has 2 unspecified atom stereocenters. The number of rotatable bonds is 20. The molecular formula is C40H56ClN7O5S2. The number of carbonyl (C=O) groups is 3. The molecule has 2 atom stereocenters. The lowest BCUT2D eigenvalue weighted by molar-refractivity contribution is -0.124. The molecule has 0 aliphatic carbocycles. The molecule has 2 aromatic carbocycles. The van der Waals surface area contributed by atoms with Gasteiger partial charge in [-0.2, -0.15) is 0 Å². The maximum absolute atomic E-state index is 14.2. The zero-order valence-corrected chi connectivity index (χ0v) is 34.8. The second-order valence-electron chi connectivity index (χ2n) is 13.7. The monoisotopic (exact) mass is 813 g/mol. The van der Waals surface area contributed by atoms with Crippen LogP contribution in [0, 0.1) is 5.92 Å². The third-order valence-electron chi connectivity index (χ3n) is 9.07. The van der Waals surface area contributed by atoms with Crippen molar-refractivity contribution in [1.29, 1.82) is 0 Å². The summed E-state index contributed by atoms with van der Waals surface area (Å²) < 4.78 is 11.2. The summed E-state index contributed by atoms with van der Waals surface area (Å²) in [5.41, 5.74) is 3.64. The number of amides is 4. The molecule has 0 radical (unpaired) electrons. The topological polar surface area (TPSA) is 129 Å². The van der Waals surface area contributed by atoms with Crippen molar-refractivity contribution >= 4 is 57.8 Å². The van der Waals surface area contributed by atoms with Crippen molar-refractivity contribution in [2.45, 2.75) is 65.3 Å². The van der Waals surface area contributed by atoms with E-state index in [1.165, 1.54) is 11.3 Å². The number of ether oxygens (including phenoxy) is 2. The summed E-state index contributed by atoms with van der Waals surface area (Å²) in [7, 11) is 1.73. The number of benzene rings is 2. The first kappa shape index (κ1) is 44.0. The Morgan fingerprint density at radius 1 is 1.04 bits per heavy atom. The highest BCUT2D eigenvalue weighted by atomic mass is 35.5. The van der Waals surface area contributed by atoms with Gasteiger partial charge in [-0.05, 0) is 48.3 Å². The average Bonchev–Trinajstić information content (AvgIpc) is 3.72. The Morgan fingerprint density at radius 2 is 1.78 bits per heavy atom. The predicted octanol–water partition coefficient (Wildman–Crippen LogP) is 6.59. The smallest absolute Gasteiger partial charge is 0.410 e. The van der Waals surface area contributed by atoms with E-state index in [1.54, 1.807) is 52.4 Å². The van der Waals surface area contributed by atoms with E-state index in [1.807, 2.05) is 42.5 Å². The fourth-order valence-electron chi connectivity index (χ4n) is 5.94. The summed E-state index contributed by atoms with van der Waals surface area (Å²) in [6.45, 7) is 11.4. The maximum Gasteiger partial charge on any atom is 0.410 e. The molecule has 1 aromatic heterocycles. The Bertz CT molecular complexity index is 1610. The van der Waals surface area contributed by atoms with Crippen LogP contribution < -0.4 is 10.6 Å². The Balaban J connectivity index is 1.48. The summed E-state index contributed by atoms with van der Waals surface area (Å²) in [5, 5.41) is 7.96. The Hall–Kier alpha value is -3.69. The van der Waals surface area contributed by atoms with E-state index in [4.69, 9.17) is 26.1 Å². The van der Waals surface area contributed by atoms with Crippen molar-refractivity contribution in [3.05, 3.63) is 87.3 Å². The minimum Gasteiger partial charge on any atom is -0.444 e. The summed E-state index contributed by atoms with van der Waals surface area (Å²) in [6, 6.07) is 15.8. The lowest BCUT2D eigenvalue weighted by atomic mass is 10.0. The van der Waals surface area contributed by atoms with Crippen LogP contribution in [0.15, 0.2) is 71.3 Å². The van der Waals surface area contributed by atoms with Crippen LogP contribution in [0.2, 0.25) is 5.02 Å². The molecular weight excluding hydrogens is 758 g/mol. The molecule has 12 nitrogen and oxygen atoms in total. The largest absolute Gasteiger partial charge is 0.444 e. The summed E-state index contributed by atoms with van der Waals surface area (Å²) >= 11 is 9.29. The van der Waals surface area contributed by atoms with Crippen LogP contribution >= 0.6 is 34.7 Å². The normalized spacial score (nSPS) is 14.6. The molecule has 4 rings (SSSR count). The van der Waals surface area contributed by atoms with Gasteiger partial charge in [-0.3, -0.25) is 19.7 Å². The van der Waals surface area contributed by atoms with Gasteiger partial charge in [-0.15, -0.1) is 23.1 Å². The zero-order valence-electron chi connectivity index (χ0n) is 32.5. The van der Waals surface area contributed by atoms with Crippen LogP contribution in [0.25, 0.3) is 0 Å². The minimum absolute atomic E-state index is 0.118. The summed E-state index contributed by atoms with van der Waals surface area (Å²) in [5.74, 6) is 0.990. The first-order valence-corrected chi connectivity index (χ1v) is 21.2. The van der Waals surface area contributed by atoms with Crippen molar-refractivity contribution in [2.24, 2.45) is 10.9 Å². The SMILES string of the molecule is CCSC(=NCCN(C)C(=O)NC(CCN1CCOCC1)C(=O)NC(CCN(Cc1ccc(Cl)cc1)C(=O)OCc1cncs1)Cc1ccccc1)C(C)C. The van der Waals surface area contributed by atoms with Gasteiger partial charge in [0.25, 0.3) is 0 Å². The number of carbonyl (C=O) groups excluding carboxylic acids is 3. The van der Waals surface area contributed by atoms with Gasteiger partial charge in [0.15, 0.2) is 0 Å². The quantitative estimate of drug-likeness (QED) is 0.0967. The number of aliphatic imine (C=N–C) groups is 1. The van der Waals surface area contributed by atoms with Crippen LogP contribution in [-0.2, 0) is 33.8 Å². The Labute approximate surface area is 339 Å². The number of aromatic nitrogens is 1. The fourth-order valence-corrected chi connectivity index (χ4v) is 7.38. The Morgan fingerprint density at radius 3 is 2.45 bits per heavy atom. The molecule has 0 spiro atoms. The second kappa shape index (κ2) is 24.1. The number of urea groups is 1. The number of morpholine rings is 1. The number of hydrogen-bond acceptors (Lipinski definition) is 10. The Kier molecular flexibility index (Phi) is 19.3. The molecule has 1 aliphatic heterocycles. The molecule has 2 heterocycles. The van der Waals surface area contributed by atoms with Crippen LogP contribution in [0.1, 0.15) is 49.6 Å². The fraction of sp³-hybridized carbons (Fsp3) is 0.525. The highest BCUT2D eigenvalue weighted by Crippen LogP contribution is 2.17. The van der Waals surface area contributed by atoms with Crippen LogP contribution in [-0.4, -0.2) is 120 Å². The molecule has 55 heavy (non-hydrogen) atoms. The first-order valence-electron chi connectivity index (χ1n) is 19.0. The van der Waals surface area contributed by atoms with Crippen LogP contribution in [0.3, 0.4) is 0 Å². The van der Waals surface area contributed by atoms with Gasteiger partial charge in [0.1, 0.15) is 12.6 Å². The summed E-state index contributed by atoms with van der Waals surface area (Å²) in [4.78, 5) is 56.4. The van der Waals surface area contributed by atoms with E-state index < -0.39 is 12.1 Å². The first-order chi connectivity index (χ1) is 26.6. The van der Waals surface area contributed by atoms with Crippen molar-refractivity contribution < 1.29 is 23.9 Å². The van der Waals surface area contributed by atoms with Crippen molar-refractivity contribution in [3.8, 4) is 0 Å². The molecule has 300 valence electrons. The van der Waals surface area contributed by atoms with E-state index in [9.17, 15) is 14.4 Å². The van der Waals surface area contributed by atoms with E-state index in [-0.39, 0.29) is 24.6 Å². The lowest BCUT2D eigenvalue weighted by Gasteiger charge is -2.30. The highest BCUT2D eigenvalue weighted by molar-refractivity contribution is 8.13. The zero-order chi connectivity index (χ0) is 39.4. The minimum atomic E-state index is -0.781. The molecule has 15 heteroatoms. The number of likely N-dealkylation sites (N-methyl/N-ethyl adjacent to an activating group) is 1. The number of thiazole rings is 1. The predicted molar refractivity (Wildman–Crippen MR) is 223 cm³/mol. The van der Waals surface area contributed by atoms with Crippen molar-refractivity contribution in [1.82, 2.24) is 30.3 Å². The number of nitrogens with zero attached hydrogens (tertiary/aromatic N) is 5. The van der Waals surface area contributed by atoms with Crippen LogP contribution in [0.4, 0.5) is 9.59 Å². The number of nitrogens with one attached hydrogen (secondary N) is 2. The van der Waals surface area contributed by atoms with Gasteiger partial charge < -0.3 is 29.9 Å². The van der Waals surface area contributed by atoms with E-state index in [0.29, 0.717) is 76.1 Å². The number of halogens is 1. The number of thioether (sulfide) groups is 1. The van der Waals surface area contributed by atoms with Gasteiger partial charge in [0.05, 0.1) is 35.2 Å². The second-order valence-corrected chi connectivity index (χ2v) is 16.4. The van der Waals surface area contributed by atoms with Gasteiger partial charge in [0.2, 0.25) is 5.91 Å². The molecule has 4 amide bonds. The van der Waals surface area contributed by atoms with Gasteiger partial charge >= 0.3 is 12.1 Å². The van der Waals surface area contributed by atoms with E-state index in [0.717, 1.165) is 39.9 Å².